The third kappa shape index (κ3) is 4.40. The van der Waals surface area contributed by atoms with Gasteiger partial charge in [-0.1, -0.05) is 48.5 Å². The summed E-state index contributed by atoms with van der Waals surface area (Å²) in [5.41, 5.74) is 2.65. The van der Waals surface area contributed by atoms with Crippen molar-refractivity contribution in [2.45, 2.75) is 6.92 Å². The van der Waals surface area contributed by atoms with Crippen LogP contribution in [0.2, 0.25) is 0 Å². The summed E-state index contributed by atoms with van der Waals surface area (Å²) in [6.45, 7) is 1.48. The summed E-state index contributed by atoms with van der Waals surface area (Å²) in [5, 5.41) is 4.32. The molecule has 3 aromatic carbocycles. The van der Waals surface area contributed by atoms with Crippen LogP contribution >= 0.6 is 0 Å². The van der Waals surface area contributed by atoms with E-state index in [-0.39, 0.29) is 17.4 Å². The SMILES string of the molecule is Cc1ccccc1-n1nc(C(=O)OCC(=O)c2ccccc2)nc1-c1ccc(F)cc1. The van der Waals surface area contributed by atoms with Crippen LogP contribution < -0.4 is 0 Å². The predicted molar refractivity (Wildman–Crippen MR) is 113 cm³/mol. The van der Waals surface area contributed by atoms with E-state index in [0.717, 1.165) is 5.56 Å². The van der Waals surface area contributed by atoms with E-state index in [1.54, 1.807) is 42.5 Å². The van der Waals surface area contributed by atoms with Crippen molar-refractivity contribution in [1.82, 2.24) is 14.8 Å². The Bertz CT molecular complexity index is 1230. The van der Waals surface area contributed by atoms with E-state index < -0.39 is 12.6 Å². The number of benzene rings is 3. The molecular weight excluding hydrogens is 397 g/mol. The van der Waals surface area contributed by atoms with Gasteiger partial charge in [0, 0.05) is 11.1 Å². The maximum Gasteiger partial charge on any atom is 0.378 e. The van der Waals surface area contributed by atoms with Gasteiger partial charge in [0.15, 0.2) is 18.2 Å². The molecule has 1 heterocycles. The first-order chi connectivity index (χ1) is 15.0. The van der Waals surface area contributed by atoms with Gasteiger partial charge in [0.1, 0.15) is 5.82 Å². The van der Waals surface area contributed by atoms with Gasteiger partial charge in [0.2, 0.25) is 0 Å². The van der Waals surface area contributed by atoms with Gasteiger partial charge in [-0.3, -0.25) is 4.79 Å². The summed E-state index contributed by atoms with van der Waals surface area (Å²) in [6.07, 6.45) is 0. The molecule has 0 radical (unpaired) electrons. The zero-order chi connectivity index (χ0) is 21.8. The number of carbonyl (C=O) groups is 2. The molecular formula is C24H18FN3O3. The Morgan fingerprint density at radius 2 is 1.61 bits per heavy atom. The molecule has 1 aromatic heterocycles. The van der Waals surface area contributed by atoms with Gasteiger partial charge >= 0.3 is 5.97 Å². The fraction of sp³-hybridized carbons (Fsp3) is 0.0833. The van der Waals surface area contributed by atoms with Gasteiger partial charge in [0.05, 0.1) is 5.69 Å². The first-order valence-corrected chi connectivity index (χ1v) is 9.57. The molecule has 0 bridgehead atoms. The van der Waals surface area contributed by atoms with E-state index in [1.165, 1.54) is 16.8 Å². The lowest BCUT2D eigenvalue weighted by atomic mass is 10.1. The van der Waals surface area contributed by atoms with E-state index >= 15 is 0 Å². The molecule has 4 rings (SSSR count). The first-order valence-electron chi connectivity index (χ1n) is 9.57. The second-order valence-electron chi connectivity index (χ2n) is 6.83. The highest BCUT2D eigenvalue weighted by Gasteiger charge is 2.21. The lowest BCUT2D eigenvalue weighted by Crippen LogP contribution is -2.15. The minimum Gasteiger partial charge on any atom is -0.451 e. The number of hydrogen-bond acceptors (Lipinski definition) is 5. The summed E-state index contributed by atoms with van der Waals surface area (Å²) in [4.78, 5) is 29.1. The van der Waals surface area contributed by atoms with E-state index in [0.29, 0.717) is 22.6 Å². The number of aryl methyl sites for hydroxylation is 1. The lowest BCUT2D eigenvalue weighted by molar-refractivity contribution is 0.0462. The smallest absolute Gasteiger partial charge is 0.378 e. The van der Waals surface area contributed by atoms with Crippen LogP contribution in [0.15, 0.2) is 78.9 Å². The first kappa shape index (κ1) is 20.2. The van der Waals surface area contributed by atoms with Crippen LogP contribution in [0.5, 0.6) is 0 Å². The molecule has 154 valence electrons. The van der Waals surface area contributed by atoms with Crippen LogP contribution in [0.4, 0.5) is 4.39 Å². The molecule has 0 atom stereocenters. The van der Waals surface area contributed by atoms with Crippen LogP contribution in [0.3, 0.4) is 0 Å². The zero-order valence-electron chi connectivity index (χ0n) is 16.7. The van der Waals surface area contributed by atoms with Gasteiger partial charge in [-0.15, -0.1) is 5.10 Å². The maximum atomic E-state index is 13.4. The number of halogens is 1. The molecule has 0 saturated carbocycles. The van der Waals surface area contributed by atoms with Crippen molar-refractivity contribution < 1.29 is 18.7 Å². The minimum absolute atomic E-state index is 0.191. The van der Waals surface area contributed by atoms with Crippen molar-refractivity contribution in [3.63, 3.8) is 0 Å². The fourth-order valence-corrected chi connectivity index (χ4v) is 3.06. The van der Waals surface area contributed by atoms with Crippen LogP contribution in [-0.2, 0) is 4.74 Å². The highest BCUT2D eigenvalue weighted by atomic mass is 19.1. The number of Topliss-reactive ketones (excluding diaryl/α,β-unsaturated/α-hetero) is 1. The second-order valence-corrected chi connectivity index (χ2v) is 6.83. The summed E-state index contributed by atoms with van der Waals surface area (Å²) >= 11 is 0. The molecule has 0 saturated heterocycles. The summed E-state index contributed by atoms with van der Waals surface area (Å²) in [7, 11) is 0. The average Bonchev–Trinajstić information content (AvgIpc) is 3.24. The highest BCUT2D eigenvalue weighted by molar-refractivity contribution is 5.98. The highest BCUT2D eigenvalue weighted by Crippen LogP contribution is 2.23. The molecule has 7 heteroatoms. The van der Waals surface area contributed by atoms with E-state index in [2.05, 4.69) is 10.1 Å². The van der Waals surface area contributed by atoms with Crippen molar-refractivity contribution in [2.24, 2.45) is 0 Å². The standard InChI is InChI=1S/C24H18FN3O3/c1-16-7-5-6-10-20(16)28-23(18-11-13-19(25)14-12-18)26-22(27-28)24(30)31-15-21(29)17-8-3-2-4-9-17/h2-14H,15H2,1H3. The van der Waals surface area contributed by atoms with Crippen molar-refractivity contribution in [3.8, 4) is 17.1 Å². The molecule has 0 N–H and O–H groups in total. The van der Waals surface area contributed by atoms with Crippen LogP contribution in [0.25, 0.3) is 17.1 Å². The zero-order valence-corrected chi connectivity index (χ0v) is 16.7. The van der Waals surface area contributed by atoms with Gasteiger partial charge in [0.25, 0.3) is 5.82 Å². The summed E-state index contributed by atoms with van der Waals surface area (Å²) in [6, 6.07) is 21.8. The minimum atomic E-state index is -0.819. The topological polar surface area (TPSA) is 74.1 Å². The monoisotopic (exact) mass is 415 g/mol. The van der Waals surface area contributed by atoms with E-state index in [9.17, 15) is 14.0 Å². The van der Waals surface area contributed by atoms with Gasteiger partial charge in [-0.2, -0.15) is 0 Å². The molecule has 0 aliphatic heterocycles. The molecule has 0 unspecified atom stereocenters. The summed E-state index contributed by atoms with van der Waals surface area (Å²) in [5.74, 6) is -1.37. The Morgan fingerprint density at radius 3 is 2.32 bits per heavy atom. The number of ketones is 1. The molecule has 0 aliphatic carbocycles. The molecule has 0 amide bonds. The Labute approximate surface area is 177 Å². The normalized spacial score (nSPS) is 10.6. The molecule has 6 nitrogen and oxygen atoms in total. The van der Waals surface area contributed by atoms with E-state index in [1.807, 2.05) is 31.2 Å². The van der Waals surface area contributed by atoms with Gasteiger partial charge in [-0.25, -0.2) is 18.9 Å². The van der Waals surface area contributed by atoms with Crippen molar-refractivity contribution in [3.05, 3.63) is 102 Å². The molecule has 31 heavy (non-hydrogen) atoms. The number of nitrogens with zero attached hydrogens (tertiary/aromatic N) is 3. The van der Waals surface area contributed by atoms with Crippen LogP contribution in [0.1, 0.15) is 26.5 Å². The van der Waals surface area contributed by atoms with Crippen molar-refractivity contribution >= 4 is 11.8 Å². The third-order valence-electron chi connectivity index (χ3n) is 4.67. The van der Waals surface area contributed by atoms with Gasteiger partial charge < -0.3 is 4.74 Å². The van der Waals surface area contributed by atoms with Gasteiger partial charge in [-0.05, 0) is 42.8 Å². The predicted octanol–water partition coefficient (Wildman–Crippen LogP) is 4.42. The number of hydrogen-bond donors (Lipinski definition) is 0. The second kappa shape index (κ2) is 8.71. The fourth-order valence-electron chi connectivity index (χ4n) is 3.06. The number of para-hydroxylation sites is 1. The largest absolute Gasteiger partial charge is 0.451 e. The average molecular weight is 415 g/mol. The molecule has 0 spiro atoms. The van der Waals surface area contributed by atoms with Crippen LogP contribution in [0, 0.1) is 12.7 Å². The quantitative estimate of drug-likeness (QED) is 0.344. The molecule has 4 aromatic rings. The Morgan fingerprint density at radius 1 is 0.935 bits per heavy atom. The van der Waals surface area contributed by atoms with Crippen LogP contribution in [-0.4, -0.2) is 33.1 Å². The van der Waals surface area contributed by atoms with Crippen molar-refractivity contribution in [1.29, 1.82) is 0 Å². The number of ether oxygens (including phenoxy) is 1. The maximum absolute atomic E-state index is 13.4. The Hall–Kier alpha value is -4.13. The number of aromatic nitrogens is 3. The third-order valence-corrected chi connectivity index (χ3v) is 4.67. The van der Waals surface area contributed by atoms with E-state index in [4.69, 9.17) is 4.74 Å². The Balaban J connectivity index is 1.64. The summed E-state index contributed by atoms with van der Waals surface area (Å²) < 4.78 is 20.0. The lowest BCUT2D eigenvalue weighted by Gasteiger charge is -2.08. The van der Waals surface area contributed by atoms with Crippen molar-refractivity contribution in [2.75, 3.05) is 6.61 Å². The Kier molecular flexibility index (Phi) is 5.66. The number of carbonyl (C=O) groups excluding carboxylic acids is 2. The number of esters is 1. The molecule has 0 fully saturated rings. The number of rotatable bonds is 6. The molecule has 0 aliphatic rings.